The molecule has 0 bridgehead atoms. The van der Waals surface area contributed by atoms with Crippen LogP contribution in [0.1, 0.15) is 90.9 Å². The maximum atomic E-state index is 12.3. The molecule has 5 rings (SSSR count). The molecule has 0 aromatic rings. The molecule has 5 fully saturated rings. The van der Waals surface area contributed by atoms with Crippen molar-refractivity contribution >= 4 is 5.78 Å². The van der Waals surface area contributed by atoms with Crippen molar-refractivity contribution in [2.75, 3.05) is 0 Å². The quantitative estimate of drug-likeness (QED) is 0.683. The monoisotopic (exact) mass is 358 g/mol. The van der Waals surface area contributed by atoms with Gasteiger partial charge in [0.25, 0.3) is 0 Å². The van der Waals surface area contributed by atoms with Crippen molar-refractivity contribution < 1.29 is 9.90 Å². The zero-order valence-corrected chi connectivity index (χ0v) is 16.9. The van der Waals surface area contributed by atoms with E-state index in [9.17, 15) is 9.90 Å². The van der Waals surface area contributed by atoms with E-state index in [0.29, 0.717) is 28.4 Å². The molecule has 26 heavy (non-hydrogen) atoms. The second-order valence-corrected chi connectivity index (χ2v) is 11.2. The maximum Gasteiger partial charge on any atom is 0.133 e. The molecule has 1 N–H and O–H groups in total. The highest BCUT2D eigenvalue weighted by molar-refractivity contribution is 5.78. The Balaban J connectivity index is 1.44. The van der Waals surface area contributed by atoms with Gasteiger partial charge in [-0.2, -0.15) is 0 Å². The molecule has 0 radical (unpaired) electrons. The fourth-order valence-electron chi connectivity index (χ4n) is 9.52. The van der Waals surface area contributed by atoms with Gasteiger partial charge < -0.3 is 5.11 Å². The molecule has 0 aromatic carbocycles. The van der Waals surface area contributed by atoms with Gasteiger partial charge in [-0.25, -0.2) is 0 Å². The van der Waals surface area contributed by atoms with E-state index in [0.717, 1.165) is 36.5 Å². The van der Waals surface area contributed by atoms with E-state index in [4.69, 9.17) is 0 Å². The molecule has 1 spiro atoms. The van der Waals surface area contributed by atoms with Gasteiger partial charge in [0.1, 0.15) is 5.78 Å². The first-order valence-corrected chi connectivity index (χ1v) is 11.6. The van der Waals surface area contributed by atoms with Gasteiger partial charge in [-0.05, 0) is 118 Å². The third-order valence-electron chi connectivity index (χ3n) is 10.6. The molecular formula is C24H38O2. The number of rotatable bonds is 1. The Bertz CT molecular complexity index is 585. The SMILES string of the molecule is CC(=O)[C@H]1CCC[C@]23CCC4C(CC[C@H]5C[C@H](O)CC[C@]45C)C2CC[C@H]13. The van der Waals surface area contributed by atoms with Gasteiger partial charge in [0.2, 0.25) is 0 Å². The van der Waals surface area contributed by atoms with Crippen molar-refractivity contribution in [1.82, 2.24) is 0 Å². The van der Waals surface area contributed by atoms with Crippen molar-refractivity contribution in [3.63, 3.8) is 0 Å². The van der Waals surface area contributed by atoms with E-state index in [1.807, 2.05) is 6.92 Å². The molecule has 146 valence electrons. The highest BCUT2D eigenvalue weighted by atomic mass is 16.3. The summed E-state index contributed by atoms with van der Waals surface area (Å²) in [4.78, 5) is 12.3. The molecule has 5 aliphatic carbocycles. The Morgan fingerprint density at radius 1 is 0.885 bits per heavy atom. The maximum absolute atomic E-state index is 12.3. The third-order valence-corrected chi connectivity index (χ3v) is 10.6. The van der Waals surface area contributed by atoms with Crippen molar-refractivity contribution in [1.29, 1.82) is 0 Å². The van der Waals surface area contributed by atoms with Gasteiger partial charge in [0, 0.05) is 5.92 Å². The lowest BCUT2D eigenvalue weighted by Crippen LogP contribution is -2.55. The number of fused-ring (bicyclic) bond motifs is 4. The molecule has 2 heteroatoms. The largest absolute Gasteiger partial charge is 0.393 e. The Labute approximate surface area is 159 Å². The van der Waals surface area contributed by atoms with Crippen LogP contribution < -0.4 is 0 Å². The van der Waals surface area contributed by atoms with Crippen LogP contribution in [0.4, 0.5) is 0 Å². The number of aliphatic hydroxyl groups excluding tert-OH is 1. The van der Waals surface area contributed by atoms with Crippen LogP contribution in [0.25, 0.3) is 0 Å². The molecule has 3 unspecified atom stereocenters. The molecule has 9 atom stereocenters. The minimum Gasteiger partial charge on any atom is -0.393 e. The normalized spacial score (nSPS) is 56.0. The molecule has 5 aliphatic rings. The van der Waals surface area contributed by atoms with Gasteiger partial charge in [-0.15, -0.1) is 0 Å². The topological polar surface area (TPSA) is 37.3 Å². The van der Waals surface area contributed by atoms with Crippen LogP contribution in [-0.2, 0) is 4.79 Å². The fraction of sp³-hybridized carbons (Fsp3) is 0.958. The molecule has 5 saturated carbocycles. The first kappa shape index (κ1) is 17.7. The minimum atomic E-state index is -0.0370. The molecular weight excluding hydrogens is 320 g/mol. The van der Waals surface area contributed by atoms with Crippen molar-refractivity contribution in [3.8, 4) is 0 Å². The third kappa shape index (κ3) is 2.29. The predicted molar refractivity (Wildman–Crippen MR) is 104 cm³/mol. The first-order valence-electron chi connectivity index (χ1n) is 11.6. The van der Waals surface area contributed by atoms with Gasteiger partial charge >= 0.3 is 0 Å². The van der Waals surface area contributed by atoms with Crippen LogP contribution in [0.2, 0.25) is 0 Å². The first-order chi connectivity index (χ1) is 12.5. The molecule has 0 saturated heterocycles. The molecule has 2 nitrogen and oxygen atoms in total. The summed E-state index contributed by atoms with van der Waals surface area (Å²) in [5.41, 5.74) is 1.00. The highest BCUT2D eigenvalue weighted by Crippen LogP contribution is 2.70. The summed E-state index contributed by atoms with van der Waals surface area (Å²) < 4.78 is 0. The van der Waals surface area contributed by atoms with Crippen molar-refractivity contribution in [2.45, 2.75) is 97.0 Å². The summed E-state index contributed by atoms with van der Waals surface area (Å²) in [7, 11) is 0. The van der Waals surface area contributed by atoms with E-state index < -0.39 is 0 Å². The second-order valence-electron chi connectivity index (χ2n) is 11.2. The Morgan fingerprint density at radius 3 is 2.50 bits per heavy atom. The lowest BCUT2D eigenvalue weighted by Gasteiger charge is -2.62. The van der Waals surface area contributed by atoms with Gasteiger partial charge in [-0.1, -0.05) is 13.3 Å². The molecule has 0 heterocycles. The minimum absolute atomic E-state index is 0.0370. The Morgan fingerprint density at radius 2 is 1.69 bits per heavy atom. The average Bonchev–Trinajstić information content (AvgIpc) is 3.02. The number of Topliss-reactive ketones (excluding diaryl/α,β-unsaturated/α-hetero) is 1. The van der Waals surface area contributed by atoms with E-state index in [2.05, 4.69) is 6.92 Å². The lowest BCUT2D eigenvalue weighted by atomic mass is 9.43. The number of hydrogen-bond donors (Lipinski definition) is 1. The summed E-state index contributed by atoms with van der Waals surface area (Å²) >= 11 is 0. The van der Waals surface area contributed by atoms with Crippen LogP contribution in [0.3, 0.4) is 0 Å². The zero-order chi connectivity index (χ0) is 18.1. The summed E-state index contributed by atoms with van der Waals surface area (Å²) in [6.07, 6.45) is 15.5. The van der Waals surface area contributed by atoms with Crippen LogP contribution >= 0.6 is 0 Å². The second kappa shape index (κ2) is 6.06. The van der Waals surface area contributed by atoms with Gasteiger partial charge in [0.15, 0.2) is 0 Å². The molecule has 0 amide bonds. The standard InChI is InChI=1S/C24H38O2/c1-15(25)18-4-3-11-24-13-10-20-19(22(24)8-7-21(18)24)6-5-16-14-17(26)9-12-23(16,20)2/h16-22,26H,3-14H2,1-2H3/t16-,17+,18+,19?,20?,21+,22?,23-,24+/m0/s1. The van der Waals surface area contributed by atoms with E-state index in [1.54, 1.807) is 0 Å². The predicted octanol–water partition coefficient (Wildman–Crippen LogP) is 5.38. The highest BCUT2D eigenvalue weighted by Gasteiger charge is 2.63. The number of carbonyl (C=O) groups excluding carboxylic acids is 1. The van der Waals surface area contributed by atoms with E-state index >= 15 is 0 Å². The fourth-order valence-corrected chi connectivity index (χ4v) is 9.52. The zero-order valence-electron chi connectivity index (χ0n) is 16.9. The lowest BCUT2D eigenvalue weighted by molar-refractivity contribution is -0.147. The number of carbonyl (C=O) groups is 1. The Hall–Kier alpha value is -0.370. The molecule has 0 aliphatic heterocycles. The van der Waals surface area contributed by atoms with Crippen LogP contribution in [0.15, 0.2) is 0 Å². The van der Waals surface area contributed by atoms with Crippen molar-refractivity contribution in [3.05, 3.63) is 0 Å². The summed E-state index contributed by atoms with van der Waals surface area (Å²) in [6, 6.07) is 0. The van der Waals surface area contributed by atoms with E-state index in [1.165, 1.54) is 64.2 Å². The van der Waals surface area contributed by atoms with Crippen LogP contribution in [-0.4, -0.2) is 17.0 Å². The average molecular weight is 359 g/mol. The van der Waals surface area contributed by atoms with Gasteiger partial charge in [-0.3, -0.25) is 4.79 Å². The summed E-state index contributed by atoms with van der Waals surface area (Å²) in [5.74, 6) is 5.03. The smallest absolute Gasteiger partial charge is 0.133 e. The summed E-state index contributed by atoms with van der Waals surface area (Å²) in [5, 5.41) is 10.2. The molecule has 0 aromatic heterocycles. The number of ketones is 1. The van der Waals surface area contributed by atoms with E-state index in [-0.39, 0.29) is 6.10 Å². The van der Waals surface area contributed by atoms with Crippen molar-refractivity contribution in [2.24, 2.45) is 46.3 Å². The number of aliphatic hydroxyl groups is 1. The Kier molecular flexibility index (Phi) is 4.13. The summed E-state index contributed by atoms with van der Waals surface area (Å²) in [6.45, 7) is 4.45. The number of hydrogen-bond acceptors (Lipinski definition) is 2. The van der Waals surface area contributed by atoms with Gasteiger partial charge in [0.05, 0.1) is 6.10 Å². The van der Waals surface area contributed by atoms with Crippen LogP contribution in [0.5, 0.6) is 0 Å². The van der Waals surface area contributed by atoms with Crippen LogP contribution in [0, 0.1) is 46.3 Å².